The molecule has 5 heteroatoms. The average Bonchev–Trinajstić information content (AvgIpc) is 2.74. The van der Waals surface area contributed by atoms with E-state index in [-0.39, 0.29) is 11.6 Å². The second-order valence-electron chi connectivity index (χ2n) is 3.94. The fraction of sp³-hybridized carbons (Fsp3) is 0. The molecule has 0 fully saturated rings. The minimum Gasteiger partial charge on any atom is -0.507 e. The summed E-state index contributed by atoms with van der Waals surface area (Å²) < 4.78 is 4.90. The molecule has 0 unspecified atom stereocenters. The molecule has 3 N–H and O–H groups in total. The zero-order chi connectivity index (χ0) is 12.7. The summed E-state index contributed by atoms with van der Waals surface area (Å²) in [6.45, 7) is 0. The lowest BCUT2D eigenvalue weighted by Crippen LogP contribution is -1.83. The van der Waals surface area contributed by atoms with E-state index in [2.05, 4.69) is 5.16 Å². The molecular weight excluding hydrogens is 252 g/mol. The highest BCUT2D eigenvalue weighted by molar-refractivity contribution is 6.31. The minimum absolute atomic E-state index is 0.161. The first-order valence-electron chi connectivity index (χ1n) is 5.29. The van der Waals surface area contributed by atoms with Gasteiger partial charge in [0, 0.05) is 10.6 Å². The number of aromatic nitrogens is 1. The lowest BCUT2D eigenvalue weighted by Gasteiger charge is -2.05. The molecule has 0 atom stereocenters. The molecule has 0 radical (unpaired) electrons. The van der Waals surface area contributed by atoms with E-state index in [1.165, 1.54) is 0 Å². The summed E-state index contributed by atoms with van der Waals surface area (Å²) in [5.74, 6) is 0.419. The van der Waals surface area contributed by atoms with Crippen LogP contribution in [-0.4, -0.2) is 10.3 Å². The second-order valence-corrected chi connectivity index (χ2v) is 4.38. The van der Waals surface area contributed by atoms with E-state index in [1.807, 2.05) is 12.1 Å². The van der Waals surface area contributed by atoms with Crippen molar-refractivity contribution in [1.82, 2.24) is 5.16 Å². The number of hydrogen-bond acceptors (Lipinski definition) is 4. The summed E-state index contributed by atoms with van der Waals surface area (Å²) >= 11 is 5.93. The van der Waals surface area contributed by atoms with Crippen molar-refractivity contribution in [2.24, 2.45) is 0 Å². The SMILES string of the molecule is Nc1onc2ccc(-c3cc(Cl)ccc3O)cc12. The number of nitrogens with zero attached hydrogens (tertiary/aromatic N) is 1. The maximum Gasteiger partial charge on any atom is 0.230 e. The van der Waals surface area contributed by atoms with Crippen LogP contribution in [0.3, 0.4) is 0 Å². The van der Waals surface area contributed by atoms with Crippen molar-refractivity contribution < 1.29 is 9.63 Å². The predicted molar refractivity (Wildman–Crippen MR) is 70.5 cm³/mol. The molecular formula is C13H9ClN2O2. The summed E-state index contributed by atoms with van der Waals surface area (Å²) in [5, 5.41) is 14.9. The van der Waals surface area contributed by atoms with E-state index < -0.39 is 0 Å². The van der Waals surface area contributed by atoms with E-state index in [1.54, 1.807) is 24.3 Å². The summed E-state index contributed by atoms with van der Waals surface area (Å²) in [6, 6.07) is 10.3. The predicted octanol–water partition coefficient (Wildman–Crippen LogP) is 3.44. The van der Waals surface area contributed by atoms with E-state index in [0.717, 1.165) is 5.56 Å². The smallest absolute Gasteiger partial charge is 0.230 e. The van der Waals surface area contributed by atoms with Crippen molar-refractivity contribution in [3.8, 4) is 16.9 Å². The number of phenols is 1. The lowest BCUT2D eigenvalue weighted by atomic mass is 10.0. The first kappa shape index (κ1) is 10.9. The van der Waals surface area contributed by atoms with E-state index >= 15 is 0 Å². The maximum absolute atomic E-state index is 9.85. The number of anilines is 1. The Hall–Kier alpha value is -2.20. The average molecular weight is 261 g/mol. The Morgan fingerprint density at radius 2 is 2.00 bits per heavy atom. The first-order valence-corrected chi connectivity index (χ1v) is 5.67. The van der Waals surface area contributed by atoms with E-state index in [4.69, 9.17) is 21.9 Å². The van der Waals surface area contributed by atoms with Gasteiger partial charge in [0.05, 0.1) is 5.39 Å². The van der Waals surface area contributed by atoms with Crippen molar-refractivity contribution in [2.75, 3.05) is 5.73 Å². The van der Waals surface area contributed by atoms with Crippen LogP contribution in [-0.2, 0) is 0 Å². The Morgan fingerprint density at radius 3 is 2.83 bits per heavy atom. The standard InChI is InChI=1S/C13H9ClN2O2/c14-8-2-4-12(17)9(6-8)7-1-3-11-10(5-7)13(15)18-16-11/h1-6,17H,15H2. The molecule has 0 spiro atoms. The fourth-order valence-corrected chi connectivity index (χ4v) is 2.04. The van der Waals surface area contributed by atoms with Crippen LogP contribution in [0.2, 0.25) is 5.02 Å². The molecule has 90 valence electrons. The molecule has 0 bridgehead atoms. The molecule has 0 amide bonds. The van der Waals surface area contributed by atoms with Crippen LogP contribution >= 0.6 is 11.6 Å². The van der Waals surface area contributed by atoms with Crippen LogP contribution in [0.5, 0.6) is 5.75 Å². The highest BCUT2D eigenvalue weighted by Crippen LogP contribution is 2.34. The van der Waals surface area contributed by atoms with Crippen LogP contribution in [0.4, 0.5) is 5.88 Å². The summed E-state index contributed by atoms with van der Waals surface area (Å²) in [5.41, 5.74) is 7.80. The van der Waals surface area contributed by atoms with Gasteiger partial charge in [-0.3, -0.25) is 0 Å². The fourth-order valence-electron chi connectivity index (χ4n) is 1.87. The van der Waals surface area contributed by atoms with Crippen molar-refractivity contribution in [2.45, 2.75) is 0 Å². The number of nitrogens with two attached hydrogens (primary N) is 1. The second kappa shape index (κ2) is 3.92. The van der Waals surface area contributed by atoms with Crippen LogP contribution in [0.15, 0.2) is 40.9 Å². The summed E-state index contributed by atoms with van der Waals surface area (Å²) in [4.78, 5) is 0. The van der Waals surface area contributed by atoms with E-state index in [0.29, 0.717) is 21.5 Å². The van der Waals surface area contributed by atoms with Crippen molar-refractivity contribution in [1.29, 1.82) is 0 Å². The zero-order valence-corrected chi connectivity index (χ0v) is 9.98. The monoisotopic (exact) mass is 260 g/mol. The molecule has 4 nitrogen and oxygen atoms in total. The molecule has 2 aromatic carbocycles. The quantitative estimate of drug-likeness (QED) is 0.703. The number of aromatic hydroxyl groups is 1. The highest BCUT2D eigenvalue weighted by atomic mass is 35.5. The lowest BCUT2D eigenvalue weighted by molar-refractivity contribution is 0.445. The number of phenolic OH excluding ortho intramolecular Hbond substituents is 1. The zero-order valence-electron chi connectivity index (χ0n) is 9.22. The highest BCUT2D eigenvalue weighted by Gasteiger charge is 2.09. The Kier molecular flexibility index (Phi) is 2.38. The number of rotatable bonds is 1. The summed E-state index contributed by atoms with van der Waals surface area (Å²) in [7, 11) is 0. The molecule has 0 saturated heterocycles. The Balaban J connectivity index is 2.24. The van der Waals surface area contributed by atoms with Crippen molar-refractivity contribution >= 4 is 28.4 Å². The normalized spacial score (nSPS) is 10.9. The molecule has 1 aromatic heterocycles. The third-order valence-corrected chi connectivity index (χ3v) is 3.01. The topological polar surface area (TPSA) is 72.3 Å². The third-order valence-electron chi connectivity index (χ3n) is 2.77. The van der Waals surface area contributed by atoms with Gasteiger partial charge in [0.15, 0.2) is 0 Å². The number of nitrogen functional groups attached to an aromatic ring is 1. The Labute approximate surface area is 108 Å². The van der Waals surface area contributed by atoms with Crippen LogP contribution in [0.25, 0.3) is 22.0 Å². The van der Waals surface area contributed by atoms with Crippen LogP contribution in [0, 0.1) is 0 Å². The third kappa shape index (κ3) is 1.67. The van der Waals surface area contributed by atoms with Gasteiger partial charge >= 0.3 is 0 Å². The molecule has 1 heterocycles. The largest absolute Gasteiger partial charge is 0.507 e. The van der Waals surface area contributed by atoms with Gasteiger partial charge in [0.1, 0.15) is 11.3 Å². The number of halogens is 1. The first-order chi connectivity index (χ1) is 8.65. The van der Waals surface area contributed by atoms with Gasteiger partial charge < -0.3 is 15.4 Å². The van der Waals surface area contributed by atoms with Crippen molar-refractivity contribution in [3.63, 3.8) is 0 Å². The molecule has 0 aliphatic heterocycles. The van der Waals surface area contributed by atoms with Gasteiger partial charge in [-0.05, 0) is 35.9 Å². The van der Waals surface area contributed by atoms with Crippen LogP contribution < -0.4 is 5.73 Å². The van der Waals surface area contributed by atoms with Gasteiger partial charge in [0.2, 0.25) is 5.88 Å². The van der Waals surface area contributed by atoms with E-state index in [9.17, 15) is 5.11 Å². The Bertz CT molecular complexity index is 737. The molecule has 3 rings (SSSR count). The van der Waals surface area contributed by atoms with Crippen molar-refractivity contribution in [3.05, 3.63) is 41.4 Å². The number of hydrogen-bond donors (Lipinski definition) is 2. The number of fused-ring (bicyclic) bond motifs is 1. The molecule has 0 aliphatic rings. The van der Waals surface area contributed by atoms with Gasteiger partial charge in [-0.25, -0.2) is 0 Å². The van der Waals surface area contributed by atoms with Gasteiger partial charge in [0.25, 0.3) is 0 Å². The van der Waals surface area contributed by atoms with Gasteiger partial charge in [-0.2, -0.15) is 0 Å². The molecule has 0 aliphatic carbocycles. The molecule has 3 aromatic rings. The minimum atomic E-state index is 0.161. The maximum atomic E-state index is 9.85. The summed E-state index contributed by atoms with van der Waals surface area (Å²) in [6.07, 6.45) is 0. The van der Waals surface area contributed by atoms with Crippen LogP contribution in [0.1, 0.15) is 0 Å². The number of benzene rings is 2. The Morgan fingerprint density at radius 1 is 1.17 bits per heavy atom. The molecule has 0 saturated carbocycles. The van der Waals surface area contributed by atoms with Gasteiger partial charge in [-0.1, -0.05) is 22.8 Å². The molecule has 18 heavy (non-hydrogen) atoms. The van der Waals surface area contributed by atoms with Gasteiger partial charge in [-0.15, -0.1) is 0 Å².